The van der Waals surface area contributed by atoms with Crippen LogP contribution in [0.5, 0.6) is 0 Å². The number of hydrogen-bond acceptors (Lipinski definition) is 3. The van der Waals surface area contributed by atoms with Gasteiger partial charge in [0.05, 0.1) is 18.7 Å². The van der Waals surface area contributed by atoms with Crippen LogP contribution in [0.3, 0.4) is 0 Å². The second-order valence-electron chi connectivity index (χ2n) is 3.30. The number of carbonyl (C=O) groups excluding carboxylic acids is 1. The third-order valence-electron chi connectivity index (χ3n) is 1.95. The molecule has 0 radical (unpaired) electrons. The first kappa shape index (κ1) is 11.3. The molecule has 1 heterocycles. The molecule has 2 N–H and O–H groups in total. The van der Waals surface area contributed by atoms with Crippen molar-refractivity contribution in [1.29, 1.82) is 0 Å². The van der Waals surface area contributed by atoms with Crippen LogP contribution < -0.4 is 5.32 Å². The van der Waals surface area contributed by atoms with Gasteiger partial charge in [-0.05, 0) is 12.1 Å². The first-order valence-electron chi connectivity index (χ1n) is 4.61. The van der Waals surface area contributed by atoms with Crippen LogP contribution >= 0.6 is 0 Å². The minimum absolute atomic E-state index is 0.0178. The highest BCUT2D eigenvalue weighted by Gasteiger charge is 2.15. The van der Waals surface area contributed by atoms with Crippen molar-refractivity contribution in [3.63, 3.8) is 0 Å². The van der Waals surface area contributed by atoms with E-state index in [0.29, 0.717) is 5.76 Å². The van der Waals surface area contributed by atoms with E-state index in [1.165, 1.54) is 13.2 Å². The Morgan fingerprint density at radius 2 is 2.33 bits per heavy atom. The Balaban J connectivity index is 2.28. The Morgan fingerprint density at radius 3 is 2.87 bits per heavy atom. The summed E-state index contributed by atoms with van der Waals surface area (Å²) in [5.41, 5.74) is 0. The number of carboxylic acid groups (broad SMARTS) is 1. The Bertz CT molecular complexity index is 331. The molecule has 15 heavy (non-hydrogen) atoms. The lowest BCUT2D eigenvalue weighted by Crippen LogP contribution is -2.26. The summed E-state index contributed by atoms with van der Waals surface area (Å²) in [5, 5.41) is 11.2. The van der Waals surface area contributed by atoms with Crippen LogP contribution in [-0.2, 0) is 16.1 Å². The lowest BCUT2D eigenvalue weighted by Gasteiger charge is -2.06. The average Bonchev–Trinajstić information content (AvgIpc) is 2.66. The van der Waals surface area contributed by atoms with Gasteiger partial charge in [0.2, 0.25) is 5.91 Å². The maximum absolute atomic E-state index is 11.2. The number of aliphatic carboxylic acids is 1. The van der Waals surface area contributed by atoms with Crippen molar-refractivity contribution >= 4 is 11.9 Å². The molecule has 1 unspecified atom stereocenters. The van der Waals surface area contributed by atoms with Gasteiger partial charge in [-0.15, -0.1) is 0 Å². The molecule has 0 aromatic carbocycles. The Hall–Kier alpha value is -1.78. The fourth-order valence-corrected chi connectivity index (χ4v) is 1.04. The maximum atomic E-state index is 11.2. The second-order valence-corrected chi connectivity index (χ2v) is 3.30. The van der Waals surface area contributed by atoms with Crippen molar-refractivity contribution in [3.05, 3.63) is 24.2 Å². The van der Waals surface area contributed by atoms with Crippen molar-refractivity contribution in [2.24, 2.45) is 5.92 Å². The molecule has 0 spiro atoms. The highest BCUT2D eigenvalue weighted by atomic mass is 16.4. The van der Waals surface area contributed by atoms with Gasteiger partial charge in [-0.3, -0.25) is 9.59 Å². The molecule has 5 heteroatoms. The molecule has 1 atom stereocenters. The number of hydrogen-bond donors (Lipinski definition) is 2. The lowest BCUT2D eigenvalue weighted by atomic mass is 10.1. The summed E-state index contributed by atoms with van der Waals surface area (Å²) in [4.78, 5) is 21.7. The van der Waals surface area contributed by atoms with Crippen molar-refractivity contribution in [2.45, 2.75) is 19.9 Å². The summed E-state index contributed by atoms with van der Waals surface area (Å²) < 4.78 is 5.01. The number of furan rings is 1. The van der Waals surface area contributed by atoms with E-state index in [1.54, 1.807) is 12.1 Å². The molecule has 0 fully saturated rings. The standard InChI is InChI=1S/C10H13NO4/c1-7(10(13)14)5-9(12)11-6-8-3-2-4-15-8/h2-4,7H,5-6H2,1H3,(H,11,12)(H,13,14). The largest absolute Gasteiger partial charge is 0.481 e. The molecular formula is C10H13NO4. The highest BCUT2D eigenvalue weighted by Crippen LogP contribution is 2.03. The van der Waals surface area contributed by atoms with Crippen molar-refractivity contribution in [3.8, 4) is 0 Å². The quantitative estimate of drug-likeness (QED) is 0.761. The molecule has 1 rings (SSSR count). The van der Waals surface area contributed by atoms with Crippen LogP contribution in [0.1, 0.15) is 19.1 Å². The van der Waals surface area contributed by atoms with Crippen LogP contribution in [0.25, 0.3) is 0 Å². The Labute approximate surface area is 87.1 Å². The van der Waals surface area contributed by atoms with Gasteiger partial charge in [-0.25, -0.2) is 0 Å². The first-order chi connectivity index (χ1) is 7.09. The molecule has 5 nitrogen and oxygen atoms in total. The van der Waals surface area contributed by atoms with E-state index < -0.39 is 11.9 Å². The summed E-state index contributed by atoms with van der Waals surface area (Å²) in [6, 6.07) is 3.46. The van der Waals surface area contributed by atoms with E-state index in [4.69, 9.17) is 9.52 Å². The topological polar surface area (TPSA) is 79.5 Å². The van der Waals surface area contributed by atoms with E-state index in [-0.39, 0.29) is 18.9 Å². The monoisotopic (exact) mass is 211 g/mol. The fourth-order valence-electron chi connectivity index (χ4n) is 1.04. The smallest absolute Gasteiger partial charge is 0.306 e. The summed E-state index contributed by atoms with van der Waals surface area (Å²) in [7, 11) is 0. The average molecular weight is 211 g/mol. The molecule has 1 amide bonds. The predicted molar refractivity (Wildman–Crippen MR) is 52.0 cm³/mol. The fraction of sp³-hybridized carbons (Fsp3) is 0.400. The molecule has 0 saturated heterocycles. The van der Waals surface area contributed by atoms with E-state index >= 15 is 0 Å². The lowest BCUT2D eigenvalue weighted by molar-refractivity contribution is -0.143. The van der Waals surface area contributed by atoms with Gasteiger partial charge in [-0.1, -0.05) is 6.92 Å². The minimum Gasteiger partial charge on any atom is -0.481 e. The van der Waals surface area contributed by atoms with Gasteiger partial charge in [0, 0.05) is 6.42 Å². The van der Waals surface area contributed by atoms with Gasteiger partial charge in [0.1, 0.15) is 5.76 Å². The zero-order valence-electron chi connectivity index (χ0n) is 8.40. The van der Waals surface area contributed by atoms with Crippen molar-refractivity contribution in [2.75, 3.05) is 0 Å². The normalized spacial score (nSPS) is 12.1. The molecule has 0 aliphatic heterocycles. The van der Waals surface area contributed by atoms with Crippen molar-refractivity contribution < 1.29 is 19.1 Å². The van der Waals surface area contributed by atoms with Crippen molar-refractivity contribution in [1.82, 2.24) is 5.32 Å². The Morgan fingerprint density at radius 1 is 1.60 bits per heavy atom. The first-order valence-corrected chi connectivity index (χ1v) is 4.61. The van der Waals surface area contributed by atoms with Crippen LogP contribution in [0.2, 0.25) is 0 Å². The van der Waals surface area contributed by atoms with Gasteiger partial charge >= 0.3 is 5.97 Å². The molecule has 0 aliphatic rings. The zero-order valence-corrected chi connectivity index (χ0v) is 8.40. The molecule has 1 aromatic heterocycles. The predicted octanol–water partition coefficient (Wildman–Crippen LogP) is 1.01. The molecule has 0 bridgehead atoms. The third kappa shape index (κ3) is 3.84. The zero-order chi connectivity index (χ0) is 11.3. The number of rotatable bonds is 5. The number of carboxylic acids is 1. The van der Waals surface area contributed by atoms with Gasteiger partial charge < -0.3 is 14.8 Å². The van der Waals surface area contributed by atoms with E-state index in [9.17, 15) is 9.59 Å². The number of amides is 1. The Kier molecular flexibility index (Phi) is 3.91. The molecule has 0 saturated carbocycles. The SMILES string of the molecule is CC(CC(=O)NCc1ccco1)C(=O)O. The summed E-state index contributed by atoms with van der Waals surface area (Å²) in [5.74, 6) is -1.28. The van der Waals surface area contributed by atoms with Gasteiger partial charge in [0.25, 0.3) is 0 Å². The molecule has 0 aliphatic carbocycles. The molecular weight excluding hydrogens is 198 g/mol. The van der Waals surface area contributed by atoms with Gasteiger partial charge in [-0.2, -0.15) is 0 Å². The van der Waals surface area contributed by atoms with Gasteiger partial charge in [0.15, 0.2) is 0 Å². The van der Waals surface area contributed by atoms with E-state index in [1.807, 2.05) is 0 Å². The molecule has 82 valence electrons. The summed E-state index contributed by atoms with van der Waals surface area (Å²) in [6.07, 6.45) is 1.50. The molecule has 1 aromatic rings. The van der Waals surface area contributed by atoms with E-state index in [0.717, 1.165) is 0 Å². The second kappa shape index (κ2) is 5.19. The third-order valence-corrected chi connectivity index (χ3v) is 1.95. The highest BCUT2D eigenvalue weighted by molar-refractivity contribution is 5.81. The summed E-state index contributed by atoms with van der Waals surface area (Å²) in [6.45, 7) is 1.78. The minimum atomic E-state index is -0.969. The maximum Gasteiger partial charge on any atom is 0.306 e. The van der Waals surface area contributed by atoms with E-state index in [2.05, 4.69) is 5.32 Å². The van der Waals surface area contributed by atoms with Crippen LogP contribution in [0.15, 0.2) is 22.8 Å². The summed E-state index contributed by atoms with van der Waals surface area (Å²) >= 11 is 0. The number of nitrogens with one attached hydrogen (secondary N) is 1. The van der Waals surface area contributed by atoms with Crippen LogP contribution in [0, 0.1) is 5.92 Å². The van der Waals surface area contributed by atoms with Crippen LogP contribution in [0.4, 0.5) is 0 Å². The number of carbonyl (C=O) groups is 2. The van der Waals surface area contributed by atoms with Crippen LogP contribution in [-0.4, -0.2) is 17.0 Å².